The van der Waals surface area contributed by atoms with Gasteiger partial charge in [-0.25, -0.2) is 0 Å². The maximum absolute atomic E-state index is 12.5. The third-order valence-corrected chi connectivity index (χ3v) is 4.57. The summed E-state index contributed by atoms with van der Waals surface area (Å²) in [5.74, 6) is 0.435. The smallest absolute Gasteiger partial charge is 0.309 e. The Labute approximate surface area is 143 Å². The molecule has 0 unspecified atom stereocenters. The quantitative estimate of drug-likeness (QED) is 0.778. The number of hydrogen-bond donors (Lipinski definition) is 0. The Kier molecular flexibility index (Phi) is 6.23. The third-order valence-electron chi connectivity index (χ3n) is 4.57. The van der Waals surface area contributed by atoms with Gasteiger partial charge in [0.15, 0.2) is 6.10 Å². The number of esters is 1. The van der Waals surface area contributed by atoms with Crippen LogP contribution in [0.1, 0.15) is 37.8 Å². The van der Waals surface area contributed by atoms with Crippen molar-refractivity contribution in [2.45, 2.75) is 46.6 Å². The van der Waals surface area contributed by atoms with Crippen LogP contribution < -0.4 is 4.74 Å². The first-order valence-electron chi connectivity index (χ1n) is 8.61. The number of rotatable bonds is 5. The minimum atomic E-state index is -0.536. The van der Waals surface area contributed by atoms with E-state index in [-0.39, 0.29) is 17.8 Å². The van der Waals surface area contributed by atoms with Gasteiger partial charge in [-0.1, -0.05) is 6.07 Å². The van der Waals surface area contributed by atoms with E-state index in [0.29, 0.717) is 38.3 Å². The highest BCUT2D eigenvalue weighted by Gasteiger charge is 2.30. The molecular formula is C19H27NO4. The van der Waals surface area contributed by atoms with Crippen LogP contribution in [0, 0.1) is 19.8 Å². The average molecular weight is 333 g/mol. The van der Waals surface area contributed by atoms with Gasteiger partial charge in [0.1, 0.15) is 5.75 Å². The fourth-order valence-electron chi connectivity index (χ4n) is 2.89. The third kappa shape index (κ3) is 4.49. The van der Waals surface area contributed by atoms with Crippen molar-refractivity contribution in [3.05, 3.63) is 29.3 Å². The zero-order valence-electron chi connectivity index (χ0n) is 15.0. The van der Waals surface area contributed by atoms with Gasteiger partial charge in [-0.05, 0) is 63.8 Å². The number of carbonyl (C=O) groups is 2. The second kappa shape index (κ2) is 8.18. The Hall–Kier alpha value is -2.04. The summed E-state index contributed by atoms with van der Waals surface area (Å²) in [6, 6.07) is 5.83. The second-order valence-electron chi connectivity index (χ2n) is 6.36. The van der Waals surface area contributed by atoms with Gasteiger partial charge in [-0.3, -0.25) is 9.59 Å². The summed E-state index contributed by atoms with van der Waals surface area (Å²) in [4.78, 5) is 26.1. The molecule has 1 fully saturated rings. The first-order valence-corrected chi connectivity index (χ1v) is 8.61. The molecule has 132 valence electrons. The fraction of sp³-hybridized carbons (Fsp3) is 0.579. The lowest BCUT2D eigenvalue weighted by Crippen LogP contribution is -2.45. The second-order valence-corrected chi connectivity index (χ2v) is 6.36. The first kappa shape index (κ1) is 18.3. The maximum atomic E-state index is 12.5. The normalized spacial score (nSPS) is 16.6. The summed E-state index contributed by atoms with van der Waals surface area (Å²) < 4.78 is 10.9. The van der Waals surface area contributed by atoms with E-state index >= 15 is 0 Å². The number of nitrogens with zero attached hydrogens (tertiary/aromatic N) is 1. The number of piperidine rings is 1. The molecule has 5 nitrogen and oxygen atoms in total. The van der Waals surface area contributed by atoms with Crippen molar-refractivity contribution in [1.29, 1.82) is 0 Å². The van der Waals surface area contributed by atoms with E-state index in [9.17, 15) is 9.59 Å². The fourth-order valence-corrected chi connectivity index (χ4v) is 2.89. The molecule has 0 aromatic heterocycles. The van der Waals surface area contributed by atoms with E-state index in [2.05, 4.69) is 0 Å². The number of likely N-dealkylation sites (tertiary alicyclic amines) is 1. The van der Waals surface area contributed by atoms with Crippen LogP contribution in [0.4, 0.5) is 0 Å². The van der Waals surface area contributed by atoms with E-state index in [1.54, 1.807) is 11.8 Å². The van der Waals surface area contributed by atoms with Crippen molar-refractivity contribution >= 4 is 11.9 Å². The van der Waals surface area contributed by atoms with Gasteiger partial charge in [0.05, 0.1) is 12.5 Å². The molecule has 1 aromatic rings. The number of hydrogen-bond acceptors (Lipinski definition) is 4. The summed E-state index contributed by atoms with van der Waals surface area (Å²) in [5, 5.41) is 0. The van der Waals surface area contributed by atoms with Gasteiger partial charge in [0, 0.05) is 13.1 Å². The molecule has 5 heteroatoms. The van der Waals surface area contributed by atoms with Gasteiger partial charge in [0.2, 0.25) is 0 Å². The van der Waals surface area contributed by atoms with Crippen LogP contribution in [-0.4, -0.2) is 42.6 Å². The van der Waals surface area contributed by atoms with Crippen LogP contribution in [-0.2, 0) is 14.3 Å². The largest absolute Gasteiger partial charge is 0.481 e. The zero-order valence-corrected chi connectivity index (χ0v) is 15.0. The lowest BCUT2D eigenvalue weighted by molar-refractivity contribution is -0.152. The highest BCUT2D eigenvalue weighted by Crippen LogP contribution is 2.21. The van der Waals surface area contributed by atoms with Crippen molar-refractivity contribution in [3.8, 4) is 5.75 Å². The zero-order chi connectivity index (χ0) is 17.7. The van der Waals surface area contributed by atoms with Gasteiger partial charge < -0.3 is 14.4 Å². The van der Waals surface area contributed by atoms with E-state index in [4.69, 9.17) is 9.47 Å². The summed E-state index contributed by atoms with van der Waals surface area (Å²) in [6.45, 7) is 9.19. The molecule has 0 saturated carbocycles. The van der Waals surface area contributed by atoms with E-state index in [0.717, 1.165) is 5.56 Å². The summed E-state index contributed by atoms with van der Waals surface area (Å²) in [7, 11) is 0. The summed E-state index contributed by atoms with van der Waals surface area (Å²) >= 11 is 0. The molecule has 0 spiro atoms. The Balaban J connectivity index is 1.87. The number of amides is 1. The Morgan fingerprint density at radius 3 is 2.46 bits per heavy atom. The van der Waals surface area contributed by atoms with Gasteiger partial charge in [-0.2, -0.15) is 0 Å². The van der Waals surface area contributed by atoms with Crippen LogP contribution in [0.15, 0.2) is 18.2 Å². The van der Waals surface area contributed by atoms with Gasteiger partial charge >= 0.3 is 5.97 Å². The molecule has 1 aliphatic heterocycles. The van der Waals surface area contributed by atoms with Gasteiger partial charge in [-0.15, -0.1) is 0 Å². The molecule has 24 heavy (non-hydrogen) atoms. The van der Waals surface area contributed by atoms with E-state index in [1.807, 2.05) is 39.0 Å². The lowest BCUT2D eigenvalue weighted by atomic mass is 9.97. The van der Waals surface area contributed by atoms with E-state index < -0.39 is 6.10 Å². The molecule has 1 aromatic carbocycles. The van der Waals surface area contributed by atoms with Crippen molar-refractivity contribution < 1.29 is 19.1 Å². The molecule has 1 atom stereocenters. The SMILES string of the molecule is CCOC(=O)C1CCN(C(=O)[C@H](C)Oc2ccc(C)c(C)c2)CC1. The number of aryl methyl sites for hydroxylation is 2. The Morgan fingerprint density at radius 2 is 1.88 bits per heavy atom. The van der Waals surface area contributed by atoms with E-state index in [1.165, 1.54) is 5.56 Å². The summed E-state index contributed by atoms with van der Waals surface area (Å²) in [6.07, 6.45) is 0.772. The van der Waals surface area contributed by atoms with Crippen molar-refractivity contribution in [2.75, 3.05) is 19.7 Å². The van der Waals surface area contributed by atoms with Crippen LogP contribution in [0.25, 0.3) is 0 Å². The number of ether oxygens (including phenoxy) is 2. The highest BCUT2D eigenvalue weighted by molar-refractivity contribution is 5.81. The molecular weight excluding hydrogens is 306 g/mol. The molecule has 0 radical (unpaired) electrons. The topological polar surface area (TPSA) is 55.8 Å². The predicted octanol–water partition coefficient (Wildman–Crippen LogP) is 2.87. The molecule has 2 rings (SSSR count). The van der Waals surface area contributed by atoms with Crippen molar-refractivity contribution in [2.24, 2.45) is 5.92 Å². The minimum absolute atomic E-state index is 0.0319. The molecule has 1 amide bonds. The van der Waals surface area contributed by atoms with Crippen LogP contribution >= 0.6 is 0 Å². The van der Waals surface area contributed by atoms with Crippen LogP contribution in [0.5, 0.6) is 5.75 Å². The summed E-state index contributed by atoms with van der Waals surface area (Å²) in [5.41, 5.74) is 2.34. The Bertz CT molecular complexity index is 591. The highest BCUT2D eigenvalue weighted by atomic mass is 16.5. The molecule has 0 N–H and O–H groups in total. The monoisotopic (exact) mass is 333 g/mol. The minimum Gasteiger partial charge on any atom is -0.481 e. The van der Waals surface area contributed by atoms with Crippen molar-refractivity contribution in [3.63, 3.8) is 0 Å². The first-order chi connectivity index (χ1) is 11.4. The van der Waals surface area contributed by atoms with Crippen LogP contribution in [0.3, 0.4) is 0 Å². The van der Waals surface area contributed by atoms with Crippen LogP contribution in [0.2, 0.25) is 0 Å². The standard InChI is InChI=1S/C19H27NO4/c1-5-23-19(22)16-8-10-20(11-9-16)18(21)15(4)24-17-7-6-13(2)14(3)12-17/h6-7,12,15-16H,5,8-11H2,1-4H3/t15-/m0/s1. The molecule has 0 bridgehead atoms. The van der Waals surface area contributed by atoms with Gasteiger partial charge in [0.25, 0.3) is 5.91 Å². The molecule has 0 aliphatic carbocycles. The molecule has 1 saturated heterocycles. The molecule has 1 aliphatic rings. The molecule has 1 heterocycles. The number of carbonyl (C=O) groups excluding carboxylic acids is 2. The average Bonchev–Trinajstić information content (AvgIpc) is 2.58. The number of benzene rings is 1. The Morgan fingerprint density at radius 1 is 1.21 bits per heavy atom. The predicted molar refractivity (Wildman–Crippen MR) is 91.9 cm³/mol. The van der Waals surface area contributed by atoms with Crippen molar-refractivity contribution in [1.82, 2.24) is 4.90 Å². The maximum Gasteiger partial charge on any atom is 0.309 e. The lowest BCUT2D eigenvalue weighted by Gasteiger charge is -2.32.